The largest absolute Gasteiger partial charge is 0.355 e. The van der Waals surface area contributed by atoms with Gasteiger partial charge in [0.15, 0.2) is 0 Å². The van der Waals surface area contributed by atoms with E-state index in [1.165, 1.54) is 0 Å². The van der Waals surface area contributed by atoms with Crippen LogP contribution >= 0.6 is 0 Å². The number of benzene rings is 2. The smallest absolute Gasteiger partial charge is 0.246 e. The van der Waals surface area contributed by atoms with Gasteiger partial charge in [-0.25, -0.2) is 0 Å². The van der Waals surface area contributed by atoms with Gasteiger partial charge >= 0.3 is 0 Å². The lowest BCUT2D eigenvalue weighted by Crippen LogP contribution is -2.19. The molecule has 3 aromatic rings. The van der Waals surface area contributed by atoms with Crippen molar-refractivity contribution in [3.63, 3.8) is 0 Å². The summed E-state index contributed by atoms with van der Waals surface area (Å²) >= 11 is 0. The molecule has 1 heterocycles. The van der Waals surface area contributed by atoms with Crippen molar-refractivity contribution < 1.29 is 4.79 Å². The summed E-state index contributed by atoms with van der Waals surface area (Å²) in [5, 5.41) is 10.3. The molecule has 0 bridgehead atoms. The third-order valence-electron chi connectivity index (χ3n) is 3.28. The number of aromatic nitrogens is 2. The van der Waals surface area contributed by atoms with E-state index in [1.54, 1.807) is 10.9 Å². The second-order valence-electron chi connectivity index (χ2n) is 5.34. The van der Waals surface area contributed by atoms with Crippen LogP contribution in [0.25, 0.3) is 0 Å². The predicted octanol–water partition coefficient (Wildman–Crippen LogP) is 3.57. The maximum absolute atomic E-state index is 12.1. The fraction of sp³-hybridized carbons (Fsp3) is 0.111. The number of aryl methyl sites for hydroxylation is 1. The fourth-order valence-electron chi connectivity index (χ4n) is 2.26. The molecule has 0 saturated carbocycles. The number of anilines is 3. The Morgan fingerprint density at radius 1 is 1.04 bits per heavy atom. The Labute approximate surface area is 135 Å². The molecule has 3 rings (SSSR count). The van der Waals surface area contributed by atoms with Gasteiger partial charge in [-0.15, -0.1) is 0 Å². The zero-order valence-electron chi connectivity index (χ0n) is 12.9. The molecule has 0 fully saturated rings. The molecule has 116 valence electrons. The van der Waals surface area contributed by atoms with Crippen molar-refractivity contribution in [1.82, 2.24) is 9.78 Å². The summed E-state index contributed by atoms with van der Waals surface area (Å²) in [7, 11) is 0. The number of amides is 1. The number of para-hydroxylation sites is 1. The first-order valence-electron chi connectivity index (χ1n) is 7.40. The molecule has 2 aromatic carbocycles. The maximum Gasteiger partial charge on any atom is 0.246 e. The number of carbonyl (C=O) groups excluding carboxylic acids is 1. The van der Waals surface area contributed by atoms with Gasteiger partial charge in [0.1, 0.15) is 6.54 Å². The number of carbonyl (C=O) groups is 1. The van der Waals surface area contributed by atoms with Gasteiger partial charge in [-0.05, 0) is 42.8 Å². The number of nitrogens with one attached hydrogen (secondary N) is 2. The molecule has 1 aromatic heterocycles. The molecule has 0 aliphatic rings. The quantitative estimate of drug-likeness (QED) is 0.757. The Hall–Kier alpha value is -3.08. The van der Waals surface area contributed by atoms with Crippen LogP contribution in [0.15, 0.2) is 67.0 Å². The first-order chi connectivity index (χ1) is 11.2. The van der Waals surface area contributed by atoms with Crippen molar-refractivity contribution >= 4 is 23.0 Å². The van der Waals surface area contributed by atoms with Crippen molar-refractivity contribution in [3.05, 3.63) is 72.6 Å². The second-order valence-corrected chi connectivity index (χ2v) is 5.34. The Balaban J connectivity index is 1.64. The zero-order valence-corrected chi connectivity index (χ0v) is 12.9. The highest BCUT2D eigenvalue weighted by Gasteiger charge is 2.05. The van der Waals surface area contributed by atoms with Crippen LogP contribution in [0.4, 0.5) is 17.1 Å². The molecule has 5 heteroatoms. The summed E-state index contributed by atoms with van der Waals surface area (Å²) in [5.41, 5.74) is 3.71. The van der Waals surface area contributed by atoms with E-state index < -0.39 is 0 Å². The van der Waals surface area contributed by atoms with Crippen LogP contribution in [-0.2, 0) is 11.3 Å². The molecule has 0 aliphatic heterocycles. The van der Waals surface area contributed by atoms with Crippen molar-refractivity contribution in [2.75, 3.05) is 10.6 Å². The first-order valence-corrected chi connectivity index (χ1v) is 7.40. The zero-order chi connectivity index (χ0) is 16.1. The van der Waals surface area contributed by atoms with Gasteiger partial charge in [-0.2, -0.15) is 5.10 Å². The Morgan fingerprint density at radius 2 is 1.78 bits per heavy atom. The molecule has 0 atom stereocenters. The normalized spacial score (nSPS) is 10.3. The first kappa shape index (κ1) is 14.8. The minimum absolute atomic E-state index is 0.107. The molecule has 0 unspecified atom stereocenters. The van der Waals surface area contributed by atoms with Crippen LogP contribution in [0.1, 0.15) is 5.56 Å². The van der Waals surface area contributed by atoms with Crippen molar-refractivity contribution in [2.24, 2.45) is 0 Å². The minimum atomic E-state index is -0.107. The summed E-state index contributed by atoms with van der Waals surface area (Å²) < 4.78 is 1.62. The average Bonchev–Trinajstić information content (AvgIpc) is 2.93. The van der Waals surface area contributed by atoms with Crippen LogP contribution < -0.4 is 10.6 Å². The predicted molar refractivity (Wildman–Crippen MR) is 91.8 cm³/mol. The molecule has 0 saturated heterocycles. The van der Waals surface area contributed by atoms with Crippen LogP contribution in [0.3, 0.4) is 0 Å². The van der Waals surface area contributed by atoms with Crippen LogP contribution in [-0.4, -0.2) is 15.7 Å². The third kappa shape index (κ3) is 4.20. The van der Waals surface area contributed by atoms with Gasteiger partial charge in [0.2, 0.25) is 5.91 Å². The second kappa shape index (κ2) is 6.79. The summed E-state index contributed by atoms with van der Waals surface area (Å²) in [6.45, 7) is 2.14. The highest BCUT2D eigenvalue weighted by atomic mass is 16.2. The van der Waals surface area contributed by atoms with Crippen LogP contribution in [0.5, 0.6) is 0 Å². The molecule has 23 heavy (non-hydrogen) atoms. The molecular formula is C18H18N4O. The monoisotopic (exact) mass is 306 g/mol. The number of hydrogen-bond donors (Lipinski definition) is 2. The number of hydrogen-bond acceptors (Lipinski definition) is 3. The summed E-state index contributed by atoms with van der Waals surface area (Å²) in [5.74, 6) is -0.107. The van der Waals surface area contributed by atoms with Crippen molar-refractivity contribution in [2.45, 2.75) is 13.5 Å². The number of nitrogens with zero attached hydrogens (tertiary/aromatic N) is 2. The van der Waals surface area contributed by atoms with E-state index in [-0.39, 0.29) is 12.5 Å². The van der Waals surface area contributed by atoms with Gasteiger partial charge in [-0.1, -0.05) is 24.3 Å². The molecule has 5 nitrogen and oxygen atoms in total. The van der Waals surface area contributed by atoms with Crippen LogP contribution in [0.2, 0.25) is 0 Å². The van der Waals surface area contributed by atoms with E-state index in [2.05, 4.69) is 15.7 Å². The minimum Gasteiger partial charge on any atom is -0.355 e. The lowest BCUT2D eigenvalue weighted by Gasteiger charge is -2.09. The highest BCUT2D eigenvalue weighted by molar-refractivity contribution is 5.91. The average molecular weight is 306 g/mol. The molecule has 2 N–H and O–H groups in total. The topological polar surface area (TPSA) is 59.0 Å². The van der Waals surface area contributed by atoms with E-state index in [0.29, 0.717) is 0 Å². The van der Waals surface area contributed by atoms with E-state index in [1.807, 2.05) is 67.7 Å². The summed E-state index contributed by atoms with van der Waals surface area (Å²) in [6, 6.07) is 17.5. The maximum atomic E-state index is 12.1. The van der Waals surface area contributed by atoms with Gasteiger partial charge in [-0.3, -0.25) is 9.48 Å². The van der Waals surface area contributed by atoms with Crippen molar-refractivity contribution in [3.8, 4) is 0 Å². The summed E-state index contributed by atoms with van der Waals surface area (Å²) in [4.78, 5) is 12.1. The Bertz CT molecular complexity index is 796. The molecule has 0 aliphatic carbocycles. The SMILES string of the molecule is Cc1cnn(CC(=O)Nc2cccc(Nc3ccccc3)c2)c1. The van der Waals surface area contributed by atoms with Gasteiger partial charge in [0.05, 0.1) is 6.20 Å². The van der Waals surface area contributed by atoms with E-state index in [0.717, 1.165) is 22.6 Å². The van der Waals surface area contributed by atoms with Crippen molar-refractivity contribution in [1.29, 1.82) is 0 Å². The lowest BCUT2D eigenvalue weighted by atomic mass is 10.2. The van der Waals surface area contributed by atoms with E-state index in [4.69, 9.17) is 0 Å². The molecule has 1 amide bonds. The third-order valence-corrected chi connectivity index (χ3v) is 3.28. The molecular weight excluding hydrogens is 288 g/mol. The Kier molecular flexibility index (Phi) is 4.38. The Morgan fingerprint density at radius 3 is 2.52 bits per heavy atom. The van der Waals surface area contributed by atoms with Gasteiger partial charge in [0, 0.05) is 23.3 Å². The molecule has 0 spiro atoms. The summed E-state index contributed by atoms with van der Waals surface area (Å²) in [6.07, 6.45) is 3.57. The molecule has 0 radical (unpaired) electrons. The van der Waals surface area contributed by atoms with Gasteiger partial charge in [0.25, 0.3) is 0 Å². The fourth-order valence-corrected chi connectivity index (χ4v) is 2.26. The van der Waals surface area contributed by atoms with E-state index >= 15 is 0 Å². The highest BCUT2D eigenvalue weighted by Crippen LogP contribution is 2.19. The lowest BCUT2D eigenvalue weighted by molar-refractivity contribution is -0.116. The van der Waals surface area contributed by atoms with Crippen LogP contribution in [0, 0.1) is 6.92 Å². The number of rotatable bonds is 5. The van der Waals surface area contributed by atoms with Gasteiger partial charge < -0.3 is 10.6 Å². The van der Waals surface area contributed by atoms with E-state index in [9.17, 15) is 4.79 Å². The standard InChI is InChI=1S/C18H18N4O/c1-14-11-19-22(12-14)13-18(23)21-17-9-5-8-16(10-17)20-15-6-3-2-4-7-15/h2-12,20H,13H2,1H3,(H,21,23).